The van der Waals surface area contributed by atoms with Gasteiger partial charge in [0, 0.05) is 12.6 Å². The number of benzene rings is 2. The fraction of sp³-hybridized carbons (Fsp3) is 0.269. The minimum absolute atomic E-state index is 0.00567. The van der Waals surface area contributed by atoms with Crippen LogP contribution in [0.3, 0.4) is 0 Å². The summed E-state index contributed by atoms with van der Waals surface area (Å²) in [5.41, 5.74) is 1.93. The summed E-state index contributed by atoms with van der Waals surface area (Å²) in [6.45, 7) is 1.53. The van der Waals surface area contributed by atoms with Crippen molar-refractivity contribution >= 4 is 24.1 Å². The van der Waals surface area contributed by atoms with Crippen LogP contribution in [0.2, 0.25) is 0 Å². The third-order valence-corrected chi connectivity index (χ3v) is 5.00. The molecule has 0 aliphatic heterocycles. The van der Waals surface area contributed by atoms with E-state index in [-0.39, 0.29) is 32.8 Å². The zero-order valence-corrected chi connectivity index (χ0v) is 20.3. The van der Waals surface area contributed by atoms with Crippen LogP contribution in [-0.2, 0) is 43.4 Å². The smallest absolute Gasteiger partial charge is 0.419 e. The molecule has 11 heteroatoms. The highest BCUT2D eigenvalue weighted by atomic mass is 16.6. The third kappa shape index (κ3) is 9.13. The Morgan fingerprint density at radius 2 is 1.51 bits per heavy atom. The molecular formula is C26H28N4O7. The number of aromatic nitrogens is 2. The van der Waals surface area contributed by atoms with Crippen LogP contribution >= 0.6 is 0 Å². The molecule has 0 bridgehead atoms. The maximum atomic E-state index is 12.8. The van der Waals surface area contributed by atoms with Gasteiger partial charge in [-0.15, -0.1) is 0 Å². The fourth-order valence-electron chi connectivity index (χ4n) is 3.18. The standard InChI is InChI=1S/C26H28N4O7/c1-2-35-23(31)14-27-24(32)22(29-25(33)36-16-19-9-5-3-6-10-19)13-21-15-30(18-28-21)26(34)37-17-20-11-7-4-8-12-20/h3-12,15,18,22H,2,13-14,16-17H2,1H3,(H,27,32)(H,29,33). The van der Waals surface area contributed by atoms with E-state index in [1.54, 1.807) is 19.1 Å². The van der Waals surface area contributed by atoms with Crippen molar-refractivity contribution in [3.63, 3.8) is 0 Å². The van der Waals surface area contributed by atoms with Crippen molar-refractivity contribution in [2.45, 2.75) is 32.6 Å². The van der Waals surface area contributed by atoms with Crippen molar-refractivity contribution in [1.82, 2.24) is 20.2 Å². The largest absolute Gasteiger partial charge is 0.465 e. The number of hydrogen-bond acceptors (Lipinski definition) is 8. The number of carbonyl (C=O) groups is 4. The van der Waals surface area contributed by atoms with E-state index in [4.69, 9.17) is 14.2 Å². The molecule has 0 fully saturated rings. The second kappa shape index (κ2) is 14.0. The van der Waals surface area contributed by atoms with E-state index in [1.807, 2.05) is 48.5 Å². The van der Waals surface area contributed by atoms with Crippen LogP contribution in [0.25, 0.3) is 0 Å². The highest BCUT2D eigenvalue weighted by molar-refractivity contribution is 5.88. The molecule has 194 valence electrons. The van der Waals surface area contributed by atoms with Gasteiger partial charge in [-0.2, -0.15) is 0 Å². The molecule has 2 N–H and O–H groups in total. The van der Waals surface area contributed by atoms with Gasteiger partial charge in [0.25, 0.3) is 0 Å². The summed E-state index contributed by atoms with van der Waals surface area (Å²) >= 11 is 0. The minimum Gasteiger partial charge on any atom is -0.465 e. The van der Waals surface area contributed by atoms with Crippen LogP contribution < -0.4 is 10.6 Å². The summed E-state index contributed by atoms with van der Waals surface area (Å²) in [6.07, 6.45) is 1.09. The molecule has 0 spiro atoms. The minimum atomic E-state index is -1.14. The van der Waals surface area contributed by atoms with E-state index >= 15 is 0 Å². The monoisotopic (exact) mass is 508 g/mol. The summed E-state index contributed by atoms with van der Waals surface area (Å²) < 4.78 is 16.4. The van der Waals surface area contributed by atoms with E-state index in [0.29, 0.717) is 5.69 Å². The number of imidazole rings is 1. The van der Waals surface area contributed by atoms with Crippen LogP contribution in [0.1, 0.15) is 23.7 Å². The van der Waals surface area contributed by atoms with Gasteiger partial charge in [0.15, 0.2) is 0 Å². The average Bonchev–Trinajstić information content (AvgIpc) is 3.39. The molecule has 0 saturated heterocycles. The predicted octanol–water partition coefficient (Wildman–Crippen LogP) is 2.58. The summed E-state index contributed by atoms with van der Waals surface area (Å²) in [6, 6.07) is 17.1. The summed E-state index contributed by atoms with van der Waals surface area (Å²) in [7, 11) is 0. The maximum Gasteiger partial charge on any atom is 0.419 e. The van der Waals surface area contributed by atoms with Gasteiger partial charge in [0.2, 0.25) is 5.91 Å². The molecule has 1 unspecified atom stereocenters. The van der Waals surface area contributed by atoms with Crippen LogP contribution in [0, 0.1) is 0 Å². The van der Waals surface area contributed by atoms with Crippen molar-refractivity contribution in [2.24, 2.45) is 0 Å². The summed E-state index contributed by atoms with van der Waals surface area (Å²) in [4.78, 5) is 53.3. The first-order chi connectivity index (χ1) is 17.9. The Balaban J connectivity index is 1.61. The lowest BCUT2D eigenvalue weighted by atomic mass is 10.1. The van der Waals surface area contributed by atoms with Crippen molar-refractivity contribution < 1.29 is 33.4 Å². The van der Waals surface area contributed by atoms with Gasteiger partial charge in [-0.1, -0.05) is 60.7 Å². The molecule has 2 aromatic carbocycles. The Hall–Kier alpha value is -4.67. The number of ether oxygens (including phenoxy) is 3. The number of nitrogens with one attached hydrogen (secondary N) is 2. The van der Waals surface area contributed by atoms with Gasteiger partial charge < -0.3 is 24.8 Å². The topological polar surface area (TPSA) is 138 Å². The molecule has 3 rings (SSSR count). The van der Waals surface area contributed by atoms with Gasteiger partial charge >= 0.3 is 18.2 Å². The zero-order chi connectivity index (χ0) is 26.5. The van der Waals surface area contributed by atoms with E-state index < -0.39 is 30.1 Å². The molecule has 2 amide bonds. The van der Waals surface area contributed by atoms with Crippen molar-refractivity contribution in [2.75, 3.05) is 13.2 Å². The molecule has 11 nitrogen and oxygen atoms in total. The predicted molar refractivity (Wildman–Crippen MR) is 131 cm³/mol. The van der Waals surface area contributed by atoms with E-state index in [1.165, 1.54) is 12.5 Å². The zero-order valence-electron chi connectivity index (χ0n) is 20.3. The summed E-state index contributed by atoms with van der Waals surface area (Å²) in [5.74, 6) is -1.27. The maximum absolute atomic E-state index is 12.8. The molecule has 1 heterocycles. The van der Waals surface area contributed by atoms with E-state index in [9.17, 15) is 19.2 Å². The van der Waals surface area contributed by atoms with Gasteiger partial charge in [0.05, 0.1) is 12.3 Å². The second-order valence-corrected chi connectivity index (χ2v) is 7.80. The Morgan fingerprint density at radius 1 is 0.892 bits per heavy atom. The average molecular weight is 509 g/mol. The van der Waals surface area contributed by atoms with Crippen molar-refractivity contribution in [3.05, 3.63) is 90.0 Å². The number of carbonyl (C=O) groups excluding carboxylic acids is 4. The lowest BCUT2D eigenvalue weighted by Crippen LogP contribution is -2.49. The lowest BCUT2D eigenvalue weighted by molar-refractivity contribution is -0.143. The van der Waals surface area contributed by atoms with E-state index in [0.717, 1.165) is 15.7 Å². The van der Waals surface area contributed by atoms with Crippen LogP contribution in [0.15, 0.2) is 73.2 Å². The quantitative estimate of drug-likeness (QED) is 0.298. The van der Waals surface area contributed by atoms with Crippen molar-refractivity contribution in [3.8, 4) is 0 Å². The Labute approximate surface area is 213 Å². The Kier molecular flexibility index (Phi) is 10.2. The molecule has 0 aliphatic rings. The second-order valence-electron chi connectivity index (χ2n) is 7.80. The number of nitrogens with zero attached hydrogens (tertiary/aromatic N) is 2. The number of esters is 1. The SMILES string of the molecule is CCOC(=O)CNC(=O)C(Cc1cn(C(=O)OCc2ccccc2)cn1)NC(=O)OCc1ccccc1. The number of alkyl carbamates (subject to hydrolysis) is 1. The first-order valence-electron chi connectivity index (χ1n) is 11.6. The number of amides is 2. The van der Waals surface area contributed by atoms with Crippen molar-refractivity contribution in [1.29, 1.82) is 0 Å². The number of rotatable bonds is 11. The molecule has 1 atom stereocenters. The Bertz CT molecular complexity index is 1180. The Morgan fingerprint density at radius 3 is 2.14 bits per heavy atom. The van der Waals surface area contributed by atoms with Gasteiger partial charge in [-0.25, -0.2) is 19.1 Å². The fourth-order valence-corrected chi connectivity index (χ4v) is 3.18. The molecule has 3 aromatic rings. The highest BCUT2D eigenvalue weighted by Crippen LogP contribution is 2.07. The van der Waals surface area contributed by atoms with Crippen LogP contribution in [-0.4, -0.2) is 52.8 Å². The summed E-state index contributed by atoms with van der Waals surface area (Å²) in [5, 5.41) is 4.91. The van der Waals surface area contributed by atoms with E-state index in [2.05, 4.69) is 15.6 Å². The molecule has 0 aliphatic carbocycles. The first kappa shape index (κ1) is 26.9. The molecule has 0 saturated carbocycles. The molecule has 37 heavy (non-hydrogen) atoms. The van der Waals surface area contributed by atoms with Crippen LogP contribution in [0.4, 0.5) is 9.59 Å². The van der Waals surface area contributed by atoms with Gasteiger partial charge in [-0.05, 0) is 18.1 Å². The molecule has 1 aromatic heterocycles. The lowest BCUT2D eigenvalue weighted by Gasteiger charge is -2.17. The molecule has 0 radical (unpaired) electrons. The molecular weight excluding hydrogens is 480 g/mol. The number of hydrogen-bond donors (Lipinski definition) is 2. The van der Waals surface area contributed by atoms with Crippen LogP contribution in [0.5, 0.6) is 0 Å². The van der Waals surface area contributed by atoms with Gasteiger partial charge in [-0.3, -0.25) is 9.59 Å². The highest BCUT2D eigenvalue weighted by Gasteiger charge is 2.24. The normalized spacial score (nSPS) is 11.2. The van der Waals surface area contributed by atoms with Gasteiger partial charge in [0.1, 0.15) is 32.1 Å². The first-order valence-corrected chi connectivity index (χ1v) is 11.6. The third-order valence-electron chi connectivity index (χ3n) is 5.00.